The van der Waals surface area contributed by atoms with Crippen molar-refractivity contribution < 1.29 is 32.2 Å². The van der Waals surface area contributed by atoms with Crippen molar-refractivity contribution in [3.63, 3.8) is 0 Å². The summed E-state index contributed by atoms with van der Waals surface area (Å²) in [7, 11) is -2.52. The minimum Gasteiger partial charge on any atom is -0.497 e. The number of esters is 2. The average molecular weight is 721 g/mol. The maximum atomic E-state index is 14.1. The van der Waals surface area contributed by atoms with Gasteiger partial charge in [0.1, 0.15) is 24.7 Å². The highest BCUT2D eigenvalue weighted by atomic mass is 32.2. The zero-order chi connectivity index (χ0) is 36.8. The third-order valence-electron chi connectivity index (χ3n) is 9.63. The van der Waals surface area contributed by atoms with Gasteiger partial charge >= 0.3 is 11.9 Å². The van der Waals surface area contributed by atoms with Crippen molar-refractivity contribution in [2.24, 2.45) is 4.99 Å². The number of hydrogen-bond acceptors (Lipinski definition) is 10. The zero-order valence-electron chi connectivity index (χ0n) is 29.0. The van der Waals surface area contributed by atoms with Gasteiger partial charge in [0.25, 0.3) is 5.56 Å². The van der Waals surface area contributed by atoms with E-state index in [1.54, 1.807) is 54.0 Å². The molecule has 3 unspecified atom stereocenters. The molecule has 266 valence electrons. The van der Waals surface area contributed by atoms with E-state index in [9.17, 15) is 22.8 Å². The van der Waals surface area contributed by atoms with E-state index in [0.29, 0.717) is 22.7 Å². The van der Waals surface area contributed by atoms with Crippen molar-refractivity contribution in [3.05, 3.63) is 123 Å². The largest absolute Gasteiger partial charge is 0.497 e. The molecule has 4 heterocycles. The summed E-state index contributed by atoms with van der Waals surface area (Å²) >= 11 is 0. The lowest BCUT2D eigenvalue weighted by Gasteiger charge is -2.35. The van der Waals surface area contributed by atoms with Gasteiger partial charge in [-0.2, -0.15) is 4.72 Å². The van der Waals surface area contributed by atoms with Gasteiger partial charge in [0, 0.05) is 22.9 Å². The highest BCUT2D eigenvalue weighted by Gasteiger charge is 2.50. The number of rotatable bonds is 10. The molecule has 2 aliphatic rings. The molecule has 5 aromatic rings. The van der Waals surface area contributed by atoms with Gasteiger partial charge in [-0.15, -0.1) is 0 Å². The standard InChI is InChI=1S/C39H36N4O8S/c1-5-39(31-20-33-36-29(19-26-8-6-7-9-32(26)41-36)24(3)43(33)37(45)30(31)22-50-38(39)46)51-35(44)21-40-34(18-25-12-14-27(49-4)15-13-25)42-52(47,48)28-16-10-23(2)11-17-28/h6-17,19-21,24,34,42H,5,18,22H2,1-4H3. The van der Waals surface area contributed by atoms with Crippen LogP contribution in [0.1, 0.15) is 54.1 Å². The van der Waals surface area contributed by atoms with Gasteiger partial charge in [-0.1, -0.05) is 55.0 Å². The number of sulfonamides is 1. The van der Waals surface area contributed by atoms with Crippen LogP contribution in [0.25, 0.3) is 22.3 Å². The fraction of sp³-hybridized carbons (Fsp3) is 0.256. The quantitative estimate of drug-likeness (QED) is 0.153. The van der Waals surface area contributed by atoms with Gasteiger partial charge in [0.05, 0.1) is 40.5 Å². The molecule has 0 spiro atoms. The van der Waals surface area contributed by atoms with E-state index < -0.39 is 33.7 Å². The van der Waals surface area contributed by atoms with Gasteiger partial charge < -0.3 is 14.2 Å². The summed E-state index contributed by atoms with van der Waals surface area (Å²) in [5.41, 5.74) is 2.37. The van der Waals surface area contributed by atoms with Gasteiger partial charge in [-0.25, -0.2) is 23.0 Å². The van der Waals surface area contributed by atoms with E-state index >= 15 is 0 Å². The Labute approximate surface area is 300 Å². The number of pyridine rings is 2. The molecule has 0 fully saturated rings. The summed E-state index contributed by atoms with van der Waals surface area (Å²) in [5, 5.41) is 0.930. The lowest BCUT2D eigenvalue weighted by molar-refractivity contribution is -0.185. The predicted molar refractivity (Wildman–Crippen MR) is 194 cm³/mol. The van der Waals surface area contributed by atoms with Crippen molar-refractivity contribution in [1.82, 2.24) is 14.3 Å². The number of nitrogens with one attached hydrogen (secondary N) is 1. The minimum absolute atomic E-state index is 0.0271. The Kier molecular flexibility index (Phi) is 9.01. The number of hydrogen-bond donors (Lipinski definition) is 1. The third kappa shape index (κ3) is 6.15. The molecule has 7 rings (SSSR count). The van der Waals surface area contributed by atoms with Crippen LogP contribution in [-0.4, -0.2) is 49.4 Å². The van der Waals surface area contributed by atoms with Crippen molar-refractivity contribution in [2.75, 3.05) is 7.11 Å². The van der Waals surface area contributed by atoms with Crippen LogP contribution in [0.4, 0.5) is 0 Å². The number of fused-ring (bicyclic) bond motifs is 5. The number of methoxy groups -OCH3 is 1. The van der Waals surface area contributed by atoms with Crippen molar-refractivity contribution in [3.8, 4) is 17.1 Å². The molecular formula is C39H36N4O8S. The second kappa shape index (κ2) is 13.5. The molecule has 2 aliphatic heterocycles. The third-order valence-corrected chi connectivity index (χ3v) is 11.1. The molecule has 3 aromatic carbocycles. The molecule has 0 radical (unpaired) electrons. The molecule has 0 saturated heterocycles. The molecule has 0 amide bonds. The number of aromatic nitrogens is 2. The van der Waals surface area contributed by atoms with Crippen LogP contribution in [0.2, 0.25) is 0 Å². The zero-order valence-corrected chi connectivity index (χ0v) is 29.8. The fourth-order valence-corrected chi connectivity index (χ4v) is 7.95. The molecule has 1 N–H and O–H groups in total. The molecule has 3 atom stereocenters. The minimum atomic E-state index is -4.06. The first-order chi connectivity index (χ1) is 24.9. The Bertz CT molecular complexity index is 2420. The van der Waals surface area contributed by atoms with Gasteiger partial charge in [-0.3, -0.25) is 14.4 Å². The van der Waals surface area contributed by atoms with E-state index in [0.717, 1.165) is 28.2 Å². The summed E-state index contributed by atoms with van der Waals surface area (Å²) in [6.07, 6.45) is -0.271. The molecule has 0 aliphatic carbocycles. The van der Waals surface area contributed by atoms with Crippen LogP contribution in [0.15, 0.2) is 99.6 Å². The van der Waals surface area contributed by atoms with Crippen LogP contribution >= 0.6 is 0 Å². The van der Waals surface area contributed by atoms with E-state index in [4.69, 9.17) is 19.2 Å². The summed E-state index contributed by atoms with van der Waals surface area (Å²) < 4.78 is 47.6. The lowest BCUT2D eigenvalue weighted by Crippen LogP contribution is -2.48. The second-order valence-electron chi connectivity index (χ2n) is 12.9. The highest BCUT2D eigenvalue weighted by Crippen LogP contribution is 2.43. The number of para-hydroxylation sites is 1. The Morgan fingerprint density at radius 3 is 2.54 bits per heavy atom. The molecule has 52 heavy (non-hydrogen) atoms. The number of benzene rings is 3. The molecular weight excluding hydrogens is 685 g/mol. The molecule has 13 heteroatoms. The maximum absolute atomic E-state index is 14.1. The Morgan fingerprint density at radius 1 is 1.10 bits per heavy atom. The number of aliphatic imine (C=N–C) groups is 1. The fourth-order valence-electron chi connectivity index (χ4n) is 6.82. The highest BCUT2D eigenvalue weighted by molar-refractivity contribution is 7.89. The average Bonchev–Trinajstić information content (AvgIpc) is 3.41. The summed E-state index contributed by atoms with van der Waals surface area (Å²) in [6.45, 7) is 5.12. The van der Waals surface area contributed by atoms with Gasteiger partial charge in [0.15, 0.2) is 0 Å². The second-order valence-corrected chi connectivity index (χ2v) is 14.6. The number of carbonyl (C=O) groups excluding carboxylic acids is 2. The van der Waals surface area contributed by atoms with Crippen molar-refractivity contribution >= 4 is 39.1 Å². The van der Waals surface area contributed by atoms with Crippen LogP contribution in [0.5, 0.6) is 5.75 Å². The number of cyclic esters (lactones) is 1. The molecule has 0 bridgehead atoms. The van der Waals surface area contributed by atoms with Crippen molar-refractivity contribution in [1.29, 1.82) is 0 Å². The summed E-state index contributed by atoms with van der Waals surface area (Å²) in [6, 6.07) is 24.3. The Hall–Kier alpha value is -5.66. The maximum Gasteiger partial charge on any atom is 0.355 e. The SMILES string of the molecule is CCC1(OC(=O)C=NC(Cc2ccc(OC)cc2)NS(=O)(=O)c2ccc(C)cc2)C(=O)OCc2c1cc1n(c2=O)C(C)c2cc3ccccc3nc2-1. The molecule has 0 saturated carbocycles. The van der Waals surface area contributed by atoms with Crippen LogP contribution < -0.4 is 15.0 Å². The van der Waals surface area contributed by atoms with Gasteiger partial charge in [0.2, 0.25) is 15.6 Å². The first kappa shape index (κ1) is 34.8. The Morgan fingerprint density at radius 2 is 1.83 bits per heavy atom. The van der Waals surface area contributed by atoms with E-state index in [1.807, 2.05) is 44.2 Å². The number of aryl methyl sites for hydroxylation is 1. The Balaban J connectivity index is 1.23. The number of ether oxygens (including phenoxy) is 3. The van der Waals surface area contributed by atoms with Crippen LogP contribution in [0.3, 0.4) is 0 Å². The first-order valence-corrected chi connectivity index (χ1v) is 18.3. The van der Waals surface area contributed by atoms with E-state index in [2.05, 4.69) is 9.71 Å². The van der Waals surface area contributed by atoms with Crippen LogP contribution in [-0.2, 0) is 47.7 Å². The molecule has 2 aromatic heterocycles. The number of carbonyl (C=O) groups is 2. The van der Waals surface area contributed by atoms with Gasteiger partial charge in [-0.05, 0) is 68.3 Å². The topological polar surface area (TPSA) is 155 Å². The monoisotopic (exact) mass is 720 g/mol. The van der Waals surface area contributed by atoms with E-state index in [1.165, 1.54) is 19.2 Å². The van der Waals surface area contributed by atoms with Crippen molar-refractivity contribution in [2.45, 2.75) is 62.9 Å². The summed E-state index contributed by atoms with van der Waals surface area (Å²) in [5.74, 6) is -1.25. The summed E-state index contributed by atoms with van der Waals surface area (Å²) in [4.78, 5) is 50.4. The predicted octanol–water partition coefficient (Wildman–Crippen LogP) is 5.13. The van der Waals surface area contributed by atoms with Crippen LogP contribution in [0, 0.1) is 6.92 Å². The normalized spacial score (nSPS) is 18.4. The smallest absolute Gasteiger partial charge is 0.355 e. The lowest BCUT2D eigenvalue weighted by atomic mass is 9.85. The first-order valence-electron chi connectivity index (χ1n) is 16.8. The van der Waals surface area contributed by atoms with E-state index in [-0.39, 0.29) is 47.1 Å². The number of nitrogens with zero attached hydrogens (tertiary/aromatic N) is 3. The molecule has 12 nitrogen and oxygen atoms in total.